The summed E-state index contributed by atoms with van der Waals surface area (Å²) < 4.78 is 7.66. The van der Waals surface area contributed by atoms with E-state index in [0.717, 1.165) is 12.3 Å². The van der Waals surface area contributed by atoms with Crippen LogP contribution in [0.4, 0.5) is 0 Å². The van der Waals surface area contributed by atoms with Gasteiger partial charge in [0.05, 0.1) is 43.3 Å². The summed E-state index contributed by atoms with van der Waals surface area (Å²) in [5.41, 5.74) is 0.758. The Kier molecular flexibility index (Phi) is 4.26. The van der Waals surface area contributed by atoms with E-state index in [-0.39, 0.29) is 12.1 Å². The van der Waals surface area contributed by atoms with Crippen LogP contribution in [-0.2, 0) is 11.3 Å². The maximum absolute atomic E-state index is 9.85. The molecule has 7 nitrogen and oxygen atoms in total. The molecule has 2 heterocycles. The van der Waals surface area contributed by atoms with Gasteiger partial charge in [0.2, 0.25) is 0 Å². The minimum Gasteiger partial charge on any atom is -0.394 e. The summed E-state index contributed by atoms with van der Waals surface area (Å²) in [6, 6.07) is 0.850. The second kappa shape index (κ2) is 6.00. The third-order valence-corrected chi connectivity index (χ3v) is 4.74. The van der Waals surface area contributed by atoms with Gasteiger partial charge in [-0.1, -0.05) is 5.21 Å². The molecule has 1 aliphatic heterocycles. The second-order valence-electron chi connectivity index (χ2n) is 6.36. The number of likely N-dealkylation sites (N-methyl/N-ethyl adjacent to an activating group) is 1. The zero-order chi connectivity index (χ0) is 14.9. The molecule has 21 heavy (non-hydrogen) atoms. The summed E-state index contributed by atoms with van der Waals surface area (Å²) in [5, 5.41) is 21.4. The van der Waals surface area contributed by atoms with Crippen molar-refractivity contribution in [3.05, 3.63) is 11.9 Å². The maximum Gasteiger partial charge on any atom is 0.0802 e. The number of nitrogens with zero attached hydrogens (tertiary/aromatic N) is 4. The number of ether oxygens (including phenoxy) is 1. The number of nitrogens with one attached hydrogen (secondary N) is 1. The van der Waals surface area contributed by atoms with E-state index < -0.39 is 0 Å². The summed E-state index contributed by atoms with van der Waals surface area (Å²) in [6.07, 6.45) is 4.22. The van der Waals surface area contributed by atoms with Crippen LogP contribution in [-0.4, -0.2) is 70.0 Å². The van der Waals surface area contributed by atoms with Gasteiger partial charge in [0.15, 0.2) is 0 Å². The van der Waals surface area contributed by atoms with Gasteiger partial charge in [-0.3, -0.25) is 4.90 Å². The van der Waals surface area contributed by atoms with Crippen LogP contribution in [0, 0.1) is 0 Å². The summed E-state index contributed by atoms with van der Waals surface area (Å²) in [5.74, 6) is 0. The molecule has 1 saturated carbocycles. The summed E-state index contributed by atoms with van der Waals surface area (Å²) in [6.45, 7) is 4.87. The van der Waals surface area contributed by atoms with E-state index in [1.165, 1.54) is 12.8 Å². The second-order valence-corrected chi connectivity index (χ2v) is 6.36. The fraction of sp³-hybridized carbons (Fsp3) is 0.857. The van der Waals surface area contributed by atoms with E-state index in [1.807, 2.05) is 10.9 Å². The van der Waals surface area contributed by atoms with Gasteiger partial charge in [0, 0.05) is 19.1 Å². The van der Waals surface area contributed by atoms with Gasteiger partial charge >= 0.3 is 0 Å². The first-order valence-electron chi connectivity index (χ1n) is 7.67. The average Bonchev–Trinajstić information content (AvgIpc) is 3.23. The van der Waals surface area contributed by atoms with Crippen molar-refractivity contribution in [1.29, 1.82) is 0 Å². The minimum atomic E-state index is -0.352. The monoisotopic (exact) mass is 295 g/mol. The molecule has 7 heteroatoms. The Hall–Kier alpha value is -1.02. The predicted molar refractivity (Wildman–Crippen MR) is 77.9 cm³/mol. The van der Waals surface area contributed by atoms with Crippen LogP contribution >= 0.6 is 0 Å². The molecule has 0 spiro atoms. The molecule has 1 aromatic rings. The number of aromatic nitrogens is 3. The predicted octanol–water partition coefficient (Wildman–Crippen LogP) is -0.216. The van der Waals surface area contributed by atoms with E-state index in [9.17, 15) is 5.11 Å². The molecular formula is C14H25N5O2. The Morgan fingerprint density at radius 2 is 2.33 bits per heavy atom. The first-order chi connectivity index (χ1) is 10.2. The molecule has 2 fully saturated rings. The van der Waals surface area contributed by atoms with Crippen LogP contribution in [0.3, 0.4) is 0 Å². The largest absolute Gasteiger partial charge is 0.394 e. The van der Waals surface area contributed by atoms with Crippen LogP contribution in [0.5, 0.6) is 0 Å². The lowest BCUT2D eigenvalue weighted by atomic mass is 9.96. The van der Waals surface area contributed by atoms with Gasteiger partial charge in [0.1, 0.15) is 0 Å². The summed E-state index contributed by atoms with van der Waals surface area (Å²) in [4.78, 5) is 2.22. The molecule has 0 amide bonds. The van der Waals surface area contributed by atoms with Gasteiger partial charge in [-0.05, 0) is 26.8 Å². The third kappa shape index (κ3) is 2.96. The van der Waals surface area contributed by atoms with E-state index in [0.29, 0.717) is 31.8 Å². The third-order valence-electron chi connectivity index (χ3n) is 4.74. The summed E-state index contributed by atoms with van der Waals surface area (Å²) in [7, 11) is 2.06. The molecule has 118 valence electrons. The van der Waals surface area contributed by atoms with Gasteiger partial charge in [-0.25, -0.2) is 4.68 Å². The molecule has 3 rings (SSSR count). The van der Waals surface area contributed by atoms with Crippen molar-refractivity contribution >= 4 is 0 Å². The fourth-order valence-corrected chi connectivity index (χ4v) is 2.93. The standard InChI is InChI=1S/C14H25N5O2/c1-11-7-21-10-14(9-20,18(11)2)8-15-5-13-6-16-17-19(13)12-3-4-12/h6,11-12,15,20H,3-5,7-10H2,1-2H3/t11-,14+/m1/s1. The van der Waals surface area contributed by atoms with Crippen molar-refractivity contribution in [3.63, 3.8) is 0 Å². The Labute approximate surface area is 125 Å². The van der Waals surface area contributed by atoms with E-state index in [4.69, 9.17) is 4.74 Å². The molecule has 2 N–H and O–H groups in total. The Morgan fingerprint density at radius 1 is 1.52 bits per heavy atom. The quantitative estimate of drug-likeness (QED) is 0.756. The number of morpholine rings is 1. The van der Waals surface area contributed by atoms with Crippen molar-refractivity contribution in [1.82, 2.24) is 25.2 Å². The Bertz CT molecular complexity index is 476. The molecule has 1 aromatic heterocycles. The molecule has 0 aromatic carbocycles. The highest BCUT2D eigenvalue weighted by Crippen LogP contribution is 2.34. The highest BCUT2D eigenvalue weighted by atomic mass is 16.5. The number of rotatable bonds is 6. The first-order valence-corrected chi connectivity index (χ1v) is 7.67. The SMILES string of the molecule is C[C@@H]1COC[C@@](CO)(CNCc2cnnn2C2CC2)N1C. The van der Waals surface area contributed by atoms with E-state index in [2.05, 4.69) is 34.5 Å². The van der Waals surface area contributed by atoms with Crippen LogP contribution in [0.15, 0.2) is 6.20 Å². The van der Waals surface area contributed by atoms with Crippen molar-refractivity contribution in [2.45, 2.75) is 43.9 Å². The molecule has 0 unspecified atom stereocenters. The number of hydrogen-bond donors (Lipinski definition) is 2. The molecular weight excluding hydrogens is 270 g/mol. The molecule has 0 bridgehead atoms. The average molecular weight is 295 g/mol. The fourth-order valence-electron chi connectivity index (χ4n) is 2.93. The zero-order valence-electron chi connectivity index (χ0n) is 12.8. The minimum absolute atomic E-state index is 0.0843. The highest BCUT2D eigenvalue weighted by molar-refractivity contribution is 5.01. The zero-order valence-corrected chi connectivity index (χ0v) is 12.8. The molecule has 1 aliphatic carbocycles. The van der Waals surface area contributed by atoms with Crippen molar-refractivity contribution in [3.8, 4) is 0 Å². The van der Waals surface area contributed by atoms with Crippen LogP contribution in [0.25, 0.3) is 0 Å². The van der Waals surface area contributed by atoms with Crippen molar-refractivity contribution in [2.24, 2.45) is 0 Å². The van der Waals surface area contributed by atoms with Crippen molar-refractivity contribution < 1.29 is 9.84 Å². The molecule has 0 radical (unpaired) electrons. The molecule has 1 saturated heterocycles. The van der Waals surface area contributed by atoms with Crippen LogP contribution < -0.4 is 5.32 Å². The normalized spacial score (nSPS) is 30.7. The molecule has 2 aliphatic rings. The van der Waals surface area contributed by atoms with Gasteiger partial charge in [0.25, 0.3) is 0 Å². The number of hydrogen-bond acceptors (Lipinski definition) is 6. The van der Waals surface area contributed by atoms with Gasteiger partial charge < -0.3 is 15.2 Å². The van der Waals surface area contributed by atoms with Gasteiger partial charge in [-0.15, -0.1) is 5.10 Å². The highest BCUT2D eigenvalue weighted by Gasteiger charge is 2.40. The lowest BCUT2D eigenvalue weighted by molar-refractivity contribution is -0.106. The lowest BCUT2D eigenvalue weighted by Crippen LogP contribution is -2.65. The van der Waals surface area contributed by atoms with E-state index >= 15 is 0 Å². The van der Waals surface area contributed by atoms with Gasteiger partial charge in [-0.2, -0.15) is 0 Å². The smallest absolute Gasteiger partial charge is 0.0802 e. The maximum atomic E-state index is 9.85. The first kappa shape index (κ1) is 14.9. The number of aliphatic hydroxyl groups excluding tert-OH is 1. The van der Waals surface area contributed by atoms with E-state index in [1.54, 1.807) is 0 Å². The molecule has 2 atom stereocenters. The Balaban J connectivity index is 1.59. The van der Waals surface area contributed by atoms with Crippen molar-refractivity contribution in [2.75, 3.05) is 33.4 Å². The topological polar surface area (TPSA) is 75.4 Å². The lowest BCUT2D eigenvalue weighted by Gasteiger charge is -2.47. The number of aliphatic hydroxyl groups is 1. The van der Waals surface area contributed by atoms with Crippen LogP contribution in [0.1, 0.15) is 31.5 Å². The van der Waals surface area contributed by atoms with Crippen LogP contribution in [0.2, 0.25) is 0 Å². The summed E-state index contributed by atoms with van der Waals surface area (Å²) >= 11 is 0. The Morgan fingerprint density at radius 3 is 3.05 bits per heavy atom.